The lowest BCUT2D eigenvalue weighted by molar-refractivity contribution is -0.0699. The molecule has 0 bridgehead atoms. The van der Waals surface area contributed by atoms with E-state index in [1.807, 2.05) is 0 Å². The monoisotopic (exact) mass is 263 g/mol. The summed E-state index contributed by atoms with van der Waals surface area (Å²) in [6, 6.07) is 6.32. The summed E-state index contributed by atoms with van der Waals surface area (Å²) in [7, 11) is 0. The lowest BCUT2D eigenvalue weighted by Crippen LogP contribution is -2.46. The molecule has 3 nitrogen and oxygen atoms in total. The van der Waals surface area contributed by atoms with Gasteiger partial charge in [-0.2, -0.15) is 0 Å². The Kier molecular flexibility index (Phi) is 4.83. The minimum absolute atomic E-state index is 0.324. The van der Waals surface area contributed by atoms with Crippen molar-refractivity contribution >= 4 is 0 Å². The van der Waals surface area contributed by atoms with Gasteiger partial charge < -0.3 is 9.47 Å². The molecule has 1 heterocycles. The van der Waals surface area contributed by atoms with Gasteiger partial charge in [0, 0.05) is 19.6 Å². The van der Waals surface area contributed by atoms with Crippen LogP contribution >= 0.6 is 0 Å². The second-order valence-electron chi connectivity index (χ2n) is 5.63. The largest absolute Gasteiger partial charge is 0.492 e. The predicted octanol–water partition coefficient (Wildman–Crippen LogP) is 2.79. The molecule has 19 heavy (non-hydrogen) atoms. The van der Waals surface area contributed by atoms with Crippen LogP contribution < -0.4 is 4.74 Å². The average molecular weight is 263 g/mol. The summed E-state index contributed by atoms with van der Waals surface area (Å²) in [4.78, 5) is 2.42. The number of rotatable bonds is 4. The van der Waals surface area contributed by atoms with Crippen molar-refractivity contribution < 1.29 is 9.47 Å². The smallest absolute Gasteiger partial charge is 0.122 e. The second kappa shape index (κ2) is 6.40. The van der Waals surface area contributed by atoms with E-state index in [0.29, 0.717) is 12.2 Å². The van der Waals surface area contributed by atoms with Crippen molar-refractivity contribution in [3.05, 3.63) is 29.3 Å². The van der Waals surface area contributed by atoms with Gasteiger partial charge in [-0.3, -0.25) is 4.90 Å². The van der Waals surface area contributed by atoms with E-state index in [1.165, 1.54) is 11.1 Å². The van der Waals surface area contributed by atoms with Gasteiger partial charge in [-0.25, -0.2) is 0 Å². The quantitative estimate of drug-likeness (QED) is 0.834. The molecule has 106 valence electrons. The van der Waals surface area contributed by atoms with Crippen LogP contribution in [0.3, 0.4) is 0 Å². The molecule has 0 unspecified atom stereocenters. The van der Waals surface area contributed by atoms with Gasteiger partial charge >= 0.3 is 0 Å². The molecule has 0 N–H and O–H groups in total. The first-order chi connectivity index (χ1) is 9.04. The van der Waals surface area contributed by atoms with E-state index in [2.05, 4.69) is 50.8 Å². The molecule has 1 aliphatic rings. The summed E-state index contributed by atoms with van der Waals surface area (Å²) in [6.45, 7) is 12.2. The third kappa shape index (κ3) is 4.22. The normalized spacial score (nSPS) is 24.4. The van der Waals surface area contributed by atoms with E-state index >= 15 is 0 Å². The molecule has 0 amide bonds. The molecule has 1 aromatic rings. The summed E-state index contributed by atoms with van der Waals surface area (Å²) in [5.41, 5.74) is 2.49. The number of aryl methyl sites for hydroxylation is 2. The Morgan fingerprint density at radius 1 is 1.21 bits per heavy atom. The summed E-state index contributed by atoms with van der Waals surface area (Å²) >= 11 is 0. The van der Waals surface area contributed by atoms with Crippen molar-refractivity contribution in [2.75, 3.05) is 26.2 Å². The summed E-state index contributed by atoms with van der Waals surface area (Å²) < 4.78 is 11.6. The predicted molar refractivity (Wildman–Crippen MR) is 77.9 cm³/mol. The zero-order chi connectivity index (χ0) is 13.8. The fraction of sp³-hybridized carbons (Fsp3) is 0.625. The number of hydrogen-bond donors (Lipinski definition) is 0. The van der Waals surface area contributed by atoms with Crippen LogP contribution in [0.5, 0.6) is 5.75 Å². The number of benzene rings is 1. The number of ether oxygens (including phenoxy) is 2. The van der Waals surface area contributed by atoms with E-state index in [1.54, 1.807) is 0 Å². The van der Waals surface area contributed by atoms with Crippen molar-refractivity contribution in [2.24, 2.45) is 0 Å². The van der Waals surface area contributed by atoms with Gasteiger partial charge in [0.15, 0.2) is 0 Å². The Labute approximate surface area is 116 Å². The minimum Gasteiger partial charge on any atom is -0.492 e. The van der Waals surface area contributed by atoms with Crippen molar-refractivity contribution in [2.45, 2.75) is 39.9 Å². The van der Waals surface area contributed by atoms with Crippen LogP contribution in [0.2, 0.25) is 0 Å². The van der Waals surface area contributed by atoms with Crippen LogP contribution in [0, 0.1) is 13.8 Å². The van der Waals surface area contributed by atoms with Gasteiger partial charge in [0.2, 0.25) is 0 Å². The maximum atomic E-state index is 5.88. The van der Waals surface area contributed by atoms with Gasteiger partial charge in [0.1, 0.15) is 12.4 Å². The van der Waals surface area contributed by atoms with Gasteiger partial charge in [0.05, 0.1) is 12.2 Å². The molecular formula is C16H25NO2. The fourth-order valence-electron chi connectivity index (χ4n) is 2.71. The van der Waals surface area contributed by atoms with Crippen LogP contribution in [0.15, 0.2) is 18.2 Å². The van der Waals surface area contributed by atoms with E-state index < -0.39 is 0 Å². The summed E-state index contributed by atoms with van der Waals surface area (Å²) in [5, 5.41) is 0. The third-order valence-electron chi connectivity index (χ3n) is 3.49. The number of hydrogen-bond acceptors (Lipinski definition) is 3. The van der Waals surface area contributed by atoms with Gasteiger partial charge in [-0.1, -0.05) is 17.7 Å². The van der Waals surface area contributed by atoms with Crippen molar-refractivity contribution in [3.63, 3.8) is 0 Å². The first kappa shape index (κ1) is 14.4. The summed E-state index contributed by atoms with van der Waals surface area (Å²) in [5.74, 6) is 1.000. The highest BCUT2D eigenvalue weighted by atomic mass is 16.5. The summed E-state index contributed by atoms with van der Waals surface area (Å²) in [6.07, 6.45) is 0.648. The lowest BCUT2D eigenvalue weighted by Gasteiger charge is -2.35. The topological polar surface area (TPSA) is 21.7 Å². The Hall–Kier alpha value is -1.06. The van der Waals surface area contributed by atoms with E-state index in [9.17, 15) is 0 Å². The van der Waals surface area contributed by atoms with Crippen LogP contribution in [-0.4, -0.2) is 43.3 Å². The lowest BCUT2D eigenvalue weighted by atomic mass is 10.1. The SMILES string of the molecule is Cc1ccc(OCCN2C[C@H](C)O[C@@H](C)C2)c(C)c1. The zero-order valence-corrected chi connectivity index (χ0v) is 12.5. The Morgan fingerprint density at radius 2 is 1.89 bits per heavy atom. The molecule has 2 rings (SSSR count). The maximum absolute atomic E-state index is 5.88. The minimum atomic E-state index is 0.324. The molecule has 1 aliphatic heterocycles. The molecule has 0 radical (unpaired) electrons. The van der Waals surface area contributed by atoms with Gasteiger partial charge in [0.25, 0.3) is 0 Å². The van der Waals surface area contributed by atoms with Gasteiger partial charge in [-0.05, 0) is 39.3 Å². The standard InChI is InChI=1S/C16H25NO2/c1-12-5-6-16(13(2)9-12)18-8-7-17-10-14(3)19-15(4)11-17/h5-6,9,14-15H,7-8,10-11H2,1-4H3/t14-,15-/m0/s1. The zero-order valence-electron chi connectivity index (χ0n) is 12.5. The van der Waals surface area contributed by atoms with Crippen molar-refractivity contribution in [3.8, 4) is 5.75 Å². The van der Waals surface area contributed by atoms with Crippen LogP contribution in [0.25, 0.3) is 0 Å². The second-order valence-corrected chi connectivity index (χ2v) is 5.63. The Balaban J connectivity index is 1.80. The van der Waals surface area contributed by atoms with E-state index in [-0.39, 0.29) is 0 Å². The molecule has 1 fully saturated rings. The Morgan fingerprint density at radius 3 is 2.53 bits per heavy atom. The Bertz CT molecular complexity index is 409. The molecule has 3 heteroatoms. The molecule has 2 atom stereocenters. The third-order valence-corrected chi connectivity index (χ3v) is 3.49. The molecule has 1 saturated heterocycles. The highest BCUT2D eigenvalue weighted by Crippen LogP contribution is 2.18. The highest BCUT2D eigenvalue weighted by molar-refractivity contribution is 5.35. The number of nitrogens with zero attached hydrogens (tertiary/aromatic N) is 1. The fourth-order valence-corrected chi connectivity index (χ4v) is 2.71. The van der Waals surface area contributed by atoms with E-state index in [0.717, 1.165) is 32.0 Å². The van der Waals surface area contributed by atoms with Gasteiger partial charge in [-0.15, -0.1) is 0 Å². The highest BCUT2D eigenvalue weighted by Gasteiger charge is 2.21. The van der Waals surface area contributed by atoms with Crippen LogP contribution in [0.4, 0.5) is 0 Å². The van der Waals surface area contributed by atoms with Crippen molar-refractivity contribution in [1.29, 1.82) is 0 Å². The van der Waals surface area contributed by atoms with E-state index in [4.69, 9.17) is 9.47 Å². The molecule has 0 spiro atoms. The molecular weight excluding hydrogens is 238 g/mol. The first-order valence-corrected chi connectivity index (χ1v) is 7.12. The maximum Gasteiger partial charge on any atom is 0.122 e. The first-order valence-electron chi connectivity index (χ1n) is 7.12. The average Bonchev–Trinajstić information content (AvgIpc) is 2.30. The molecule has 0 aliphatic carbocycles. The van der Waals surface area contributed by atoms with Crippen molar-refractivity contribution in [1.82, 2.24) is 4.90 Å². The number of morpholine rings is 1. The van der Waals surface area contributed by atoms with Crippen LogP contribution in [-0.2, 0) is 4.74 Å². The molecule has 0 aromatic heterocycles. The molecule has 1 aromatic carbocycles. The van der Waals surface area contributed by atoms with Crippen LogP contribution in [0.1, 0.15) is 25.0 Å². The molecule has 0 saturated carbocycles.